The predicted molar refractivity (Wildman–Crippen MR) is 116 cm³/mol. The highest BCUT2D eigenvalue weighted by atomic mass is 32.1. The Labute approximate surface area is 186 Å². The van der Waals surface area contributed by atoms with Crippen molar-refractivity contribution in [1.29, 1.82) is 0 Å². The lowest BCUT2D eigenvalue weighted by molar-refractivity contribution is -0.116. The average Bonchev–Trinajstić information content (AvgIpc) is 3.40. The molecule has 0 atom stereocenters. The van der Waals surface area contributed by atoms with Crippen LogP contribution in [0, 0.1) is 6.92 Å². The number of nitrogens with zero attached hydrogens (tertiary/aromatic N) is 3. The maximum atomic E-state index is 12.3. The molecule has 164 valence electrons. The number of halogens is 2. The molecule has 4 rings (SSSR count). The molecule has 0 bridgehead atoms. The Kier molecular flexibility index (Phi) is 6.50. The van der Waals surface area contributed by atoms with E-state index in [1.54, 1.807) is 12.1 Å². The molecule has 0 unspecified atom stereocenters. The zero-order valence-electron chi connectivity index (χ0n) is 16.9. The molecule has 0 radical (unpaired) electrons. The number of benzene rings is 2. The number of nitrogens with one attached hydrogen (secondary N) is 1. The first-order valence-corrected chi connectivity index (χ1v) is 10.5. The summed E-state index contributed by atoms with van der Waals surface area (Å²) >= 11 is 1.33. The Hall–Kier alpha value is -3.66. The first-order chi connectivity index (χ1) is 15.5. The van der Waals surface area contributed by atoms with Crippen molar-refractivity contribution < 1.29 is 22.8 Å². The lowest BCUT2D eigenvalue weighted by Crippen LogP contribution is -2.12. The second-order valence-corrected chi connectivity index (χ2v) is 7.96. The molecule has 0 saturated carbocycles. The fourth-order valence-electron chi connectivity index (χ4n) is 2.98. The number of hydrogen-bond donors (Lipinski definition) is 1. The van der Waals surface area contributed by atoms with Crippen molar-refractivity contribution in [3.8, 4) is 28.4 Å². The number of ether oxygens (including phenoxy) is 1. The Morgan fingerprint density at radius 3 is 2.56 bits per heavy atom. The van der Waals surface area contributed by atoms with Gasteiger partial charge in [-0.2, -0.15) is 13.8 Å². The van der Waals surface area contributed by atoms with Gasteiger partial charge in [0.1, 0.15) is 5.75 Å². The fourth-order valence-corrected chi connectivity index (χ4v) is 3.83. The third-order valence-corrected chi connectivity index (χ3v) is 5.35. The number of amides is 1. The summed E-state index contributed by atoms with van der Waals surface area (Å²) in [5, 5.41) is 7.16. The first-order valence-electron chi connectivity index (χ1n) is 9.68. The van der Waals surface area contributed by atoms with Crippen LogP contribution in [0.2, 0.25) is 0 Å². The highest BCUT2D eigenvalue weighted by molar-refractivity contribution is 7.16. The summed E-state index contributed by atoms with van der Waals surface area (Å²) in [6.07, 6.45) is 0.457. The Morgan fingerprint density at radius 2 is 1.84 bits per heavy atom. The largest absolute Gasteiger partial charge is 0.435 e. The van der Waals surface area contributed by atoms with Crippen LogP contribution in [0.5, 0.6) is 5.75 Å². The normalized spacial score (nSPS) is 11.0. The molecule has 0 aliphatic heterocycles. The van der Waals surface area contributed by atoms with Crippen molar-refractivity contribution in [3.05, 3.63) is 65.4 Å². The van der Waals surface area contributed by atoms with Gasteiger partial charge in [0.15, 0.2) is 5.13 Å². The Morgan fingerprint density at radius 1 is 1.09 bits per heavy atom. The average molecular weight is 456 g/mol. The molecule has 0 spiro atoms. The van der Waals surface area contributed by atoms with Crippen LogP contribution in [0.15, 0.2) is 59.1 Å². The van der Waals surface area contributed by atoms with E-state index in [9.17, 15) is 13.6 Å². The molecule has 7 nitrogen and oxygen atoms in total. The van der Waals surface area contributed by atoms with Crippen LogP contribution in [0.1, 0.15) is 17.2 Å². The van der Waals surface area contributed by atoms with Gasteiger partial charge in [-0.15, -0.1) is 11.3 Å². The van der Waals surface area contributed by atoms with Gasteiger partial charge in [0.25, 0.3) is 0 Å². The quantitative estimate of drug-likeness (QED) is 0.385. The maximum Gasteiger partial charge on any atom is 0.387 e. The molecule has 2 heterocycles. The van der Waals surface area contributed by atoms with Crippen LogP contribution in [-0.2, 0) is 11.2 Å². The lowest BCUT2D eigenvalue weighted by Gasteiger charge is -2.05. The molecule has 0 saturated heterocycles. The van der Waals surface area contributed by atoms with E-state index in [2.05, 4.69) is 25.2 Å². The van der Waals surface area contributed by atoms with Crippen molar-refractivity contribution in [3.63, 3.8) is 0 Å². The first kappa shape index (κ1) is 21.6. The number of alkyl halides is 2. The summed E-state index contributed by atoms with van der Waals surface area (Å²) in [5.41, 5.74) is 2.24. The van der Waals surface area contributed by atoms with Crippen LogP contribution in [0.3, 0.4) is 0 Å². The minimum absolute atomic E-state index is 0.0709. The molecular weight excluding hydrogens is 438 g/mol. The molecular formula is C22H18F2N4O3S. The van der Waals surface area contributed by atoms with Crippen LogP contribution >= 0.6 is 11.3 Å². The fraction of sp³-hybridized carbons (Fsp3) is 0.182. The van der Waals surface area contributed by atoms with E-state index < -0.39 is 6.61 Å². The van der Waals surface area contributed by atoms with Gasteiger partial charge < -0.3 is 14.6 Å². The van der Waals surface area contributed by atoms with E-state index in [4.69, 9.17) is 4.52 Å². The number of rotatable bonds is 8. The molecule has 10 heteroatoms. The predicted octanol–water partition coefficient (Wildman–Crippen LogP) is 5.34. The molecule has 4 aromatic rings. The minimum atomic E-state index is -2.87. The van der Waals surface area contributed by atoms with Gasteiger partial charge in [-0.1, -0.05) is 35.5 Å². The number of anilines is 1. The van der Waals surface area contributed by atoms with Crippen molar-refractivity contribution in [2.75, 3.05) is 5.32 Å². The molecule has 1 amide bonds. The highest BCUT2D eigenvalue weighted by Crippen LogP contribution is 2.31. The number of aromatic nitrogens is 3. The summed E-state index contributed by atoms with van der Waals surface area (Å²) in [6, 6.07) is 15.6. The number of thiazole rings is 1. The number of carbonyl (C=O) groups is 1. The maximum absolute atomic E-state index is 12.3. The zero-order chi connectivity index (χ0) is 22.5. The third-order valence-electron chi connectivity index (χ3n) is 4.46. The lowest BCUT2D eigenvalue weighted by atomic mass is 10.1. The van der Waals surface area contributed by atoms with Crippen LogP contribution < -0.4 is 10.1 Å². The van der Waals surface area contributed by atoms with E-state index in [1.807, 2.05) is 37.3 Å². The minimum Gasteiger partial charge on any atom is -0.435 e. The standard InChI is InChI=1S/C22H18F2N4O3S/c1-13-19(14-7-9-16(10-8-14)30-21(23)24)27-22(32-13)25-17(29)11-12-18-26-20(28-31-18)15-5-3-2-4-6-15/h2-10,21H,11-12H2,1H3,(H,25,27,29). The number of carbonyl (C=O) groups excluding carboxylic acids is 1. The zero-order valence-corrected chi connectivity index (χ0v) is 17.7. The molecule has 0 aliphatic carbocycles. The Balaban J connectivity index is 1.35. The van der Waals surface area contributed by atoms with Crippen molar-refractivity contribution in [2.45, 2.75) is 26.4 Å². The smallest absolute Gasteiger partial charge is 0.387 e. The summed E-state index contributed by atoms with van der Waals surface area (Å²) in [5.74, 6) is 0.694. The van der Waals surface area contributed by atoms with Crippen molar-refractivity contribution in [1.82, 2.24) is 15.1 Å². The second-order valence-electron chi connectivity index (χ2n) is 6.75. The summed E-state index contributed by atoms with van der Waals surface area (Å²) in [7, 11) is 0. The van der Waals surface area contributed by atoms with Gasteiger partial charge >= 0.3 is 6.61 Å². The molecule has 1 N–H and O–H groups in total. The second kappa shape index (κ2) is 9.65. The van der Waals surface area contributed by atoms with E-state index in [0.717, 1.165) is 16.0 Å². The molecule has 0 aliphatic rings. The van der Waals surface area contributed by atoms with Crippen LogP contribution in [-0.4, -0.2) is 27.6 Å². The van der Waals surface area contributed by atoms with Crippen LogP contribution in [0.4, 0.5) is 13.9 Å². The van der Waals surface area contributed by atoms with Gasteiger partial charge in [0.05, 0.1) is 5.69 Å². The van der Waals surface area contributed by atoms with Gasteiger partial charge in [0.2, 0.25) is 17.6 Å². The monoisotopic (exact) mass is 456 g/mol. The Bertz CT molecular complexity index is 1190. The third kappa shape index (κ3) is 5.33. The van der Waals surface area contributed by atoms with Crippen LogP contribution in [0.25, 0.3) is 22.6 Å². The van der Waals surface area contributed by atoms with E-state index in [-0.39, 0.29) is 18.1 Å². The molecule has 0 fully saturated rings. The van der Waals surface area contributed by atoms with Crippen molar-refractivity contribution >= 4 is 22.4 Å². The van der Waals surface area contributed by atoms with Gasteiger partial charge in [0, 0.05) is 28.8 Å². The summed E-state index contributed by atoms with van der Waals surface area (Å²) < 4.78 is 34.2. The van der Waals surface area contributed by atoms with Gasteiger partial charge in [-0.25, -0.2) is 4.98 Å². The van der Waals surface area contributed by atoms with Gasteiger partial charge in [-0.3, -0.25) is 4.79 Å². The summed E-state index contributed by atoms with van der Waals surface area (Å²) in [4.78, 5) is 22.0. The van der Waals surface area contributed by atoms with E-state index in [0.29, 0.717) is 29.0 Å². The van der Waals surface area contributed by atoms with E-state index in [1.165, 1.54) is 23.5 Å². The molecule has 32 heavy (non-hydrogen) atoms. The van der Waals surface area contributed by atoms with Gasteiger partial charge in [-0.05, 0) is 31.2 Å². The molecule has 2 aromatic heterocycles. The topological polar surface area (TPSA) is 90.1 Å². The number of aryl methyl sites for hydroxylation is 2. The van der Waals surface area contributed by atoms with E-state index >= 15 is 0 Å². The number of hydrogen-bond acceptors (Lipinski definition) is 7. The SMILES string of the molecule is Cc1sc(NC(=O)CCc2nc(-c3ccccc3)no2)nc1-c1ccc(OC(F)F)cc1. The van der Waals surface area contributed by atoms with Crippen molar-refractivity contribution in [2.24, 2.45) is 0 Å². The molecule has 2 aromatic carbocycles. The highest BCUT2D eigenvalue weighted by Gasteiger charge is 2.15. The summed E-state index contributed by atoms with van der Waals surface area (Å²) in [6.45, 7) is -1.00.